The molecule has 0 unspecified atom stereocenters. The Morgan fingerprint density at radius 3 is 2.71 bits per heavy atom. The summed E-state index contributed by atoms with van der Waals surface area (Å²) in [5, 5.41) is 0. The summed E-state index contributed by atoms with van der Waals surface area (Å²) in [7, 11) is 1.57. The molecule has 2 aromatic rings. The van der Waals surface area contributed by atoms with Gasteiger partial charge in [-0.25, -0.2) is 4.98 Å². The van der Waals surface area contributed by atoms with Crippen molar-refractivity contribution in [3.63, 3.8) is 0 Å². The van der Waals surface area contributed by atoms with E-state index in [9.17, 15) is 4.79 Å². The smallest absolute Gasteiger partial charge is 0.213 e. The normalized spacial score (nSPS) is 10.0. The van der Waals surface area contributed by atoms with Crippen LogP contribution in [0.4, 0.5) is 0 Å². The summed E-state index contributed by atoms with van der Waals surface area (Å²) in [6.07, 6.45) is 1.67. The molecule has 0 aliphatic rings. The quantitative estimate of drug-likeness (QED) is 0.757. The maximum absolute atomic E-state index is 11.5. The van der Waals surface area contributed by atoms with Gasteiger partial charge >= 0.3 is 0 Å². The molecule has 17 heavy (non-hydrogen) atoms. The SMILES string of the molecule is COc1cc(-c2ccccc2C(C)=O)ccn1. The fraction of sp³-hybridized carbons (Fsp3) is 0.143. The zero-order valence-corrected chi connectivity index (χ0v) is 9.81. The second-order valence-corrected chi connectivity index (χ2v) is 3.69. The van der Waals surface area contributed by atoms with Crippen LogP contribution in [0.2, 0.25) is 0 Å². The molecule has 1 heterocycles. The lowest BCUT2D eigenvalue weighted by molar-refractivity contribution is 0.101. The Kier molecular flexibility index (Phi) is 3.19. The number of ether oxygens (including phenoxy) is 1. The molecule has 0 saturated heterocycles. The number of ketones is 1. The van der Waals surface area contributed by atoms with E-state index in [-0.39, 0.29) is 5.78 Å². The summed E-state index contributed by atoms with van der Waals surface area (Å²) in [6, 6.07) is 11.2. The standard InChI is InChI=1S/C14H13NO2/c1-10(16)12-5-3-4-6-13(12)11-7-8-15-14(9-11)17-2/h3-9H,1-2H3. The maximum atomic E-state index is 11.5. The Balaban J connectivity index is 2.56. The molecule has 0 saturated carbocycles. The molecule has 0 atom stereocenters. The number of rotatable bonds is 3. The van der Waals surface area contributed by atoms with Gasteiger partial charge in [0.25, 0.3) is 0 Å². The first kappa shape index (κ1) is 11.3. The summed E-state index contributed by atoms with van der Waals surface area (Å²) in [5.74, 6) is 0.595. The summed E-state index contributed by atoms with van der Waals surface area (Å²) in [5.41, 5.74) is 2.55. The Hall–Kier alpha value is -2.16. The van der Waals surface area contributed by atoms with E-state index >= 15 is 0 Å². The van der Waals surface area contributed by atoms with Crippen molar-refractivity contribution in [2.24, 2.45) is 0 Å². The summed E-state index contributed by atoms with van der Waals surface area (Å²) in [6.45, 7) is 1.57. The van der Waals surface area contributed by atoms with Crippen LogP contribution in [0.1, 0.15) is 17.3 Å². The van der Waals surface area contributed by atoms with E-state index in [0.717, 1.165) is 11.1 Å². The number of pyridine rings is 1. The molecule has 0 N–H and O–H groups in total. The molecular weight excluding hydrogens is 214 g/mol. The number of nitrogens with zero attached hydrogens (tertiary/aromatic N) is 1. The Morgan fingerprint density at radius 1 is 1.24 bits per heavy atom. The molecule has 0 amide bonds. The van der Waals surface area contributed by atoms with E-state index in [0.29, 0.717) is 11.4 Å². The first-order valence-electron chi connectivity index (χ1n) is 5.33. The second-order valence-electron chi connectivity index (χ2n) is 3.69. The number of aromatic nitrogens is 1. The summed E-state index contributed by atoms with van der Waals surface area (Å²) < 4.78 is 5.08. The van der Waals surface area contributed by atoms with Crippen LogP contribution in [0.25, 0.3) is 11.1 Å². The molecule has 3 nitrogen and oxygen atoms in total. The number of hydrogen-bond acceptors (Lipinski definition) is 3. The van der Waals surface area contributed by atoms with Crippen molar-refractivity contribution in [3.8, 4) is 17.0 Å². The van der Waals surface area contributed by atoms with Gasteiger partial charge in [-0.2, -0.15) is 0 Å². The highest BCUT2D eigenvalue weighted by Crippen LogP contribution is 2.25. The second kappa shape index (κ2) is 4.78. The summed E-state index contributed by atoms with van der Waals surface area (Å²) >= 11 is 0. The number of benzene rings is 1. The van der Waals surface area contributed by atoms with Crippen LogP contribution in [0.15, 0.2) is 42.6 Å². The maximum Gasteiger partial charge on any atom is 0.213 e. The molecule has 0 bridgehead atoms. The topological polar surface area (TPSA) is 39.2 Å². The van der Waals surface area contributed by atoms with Crippen molar-refractivity contribution in [1.82, 2.24) is 4.98 Å². The van der Waals surface area contributed by atoms with E-state index in [1.807, 2.05) is 36.4 Å². The molecule has 0 aliphatic heterocycles. The van der Waals surface area contributed by atoms with Gasteiger partial charge in [0.05, 0.1) is 7.11 Å². The van der Waals surface area contributed by atoms with Crippen LogP contribution in [-0.2, 0) is 0 Å². The zero-order valence-electron chi connectivity index (χ0n) is 9.81. The van der Waals surface area contributed by atoms with Gasteiger partial charge in [-0.05, 0) is 24.1 Å². The Morgan fingerprint density at radius 2 is 2.00 bits per heavy atom. The third kappa shape index (κ3) is 2.33. The lowest BCUT2D eigenvalue weighted by atomic mass is 9.98. The first-order valence-corrected chi connectivity index (χ1v) is 5.33. The van der Waals surface area contributed by atoms with Gasteiger partial charge in [-0.15, -0.1) is 0 Å². The van der Waals surface area contributed by atoms with E-state index in [2.05, 4.69) is 4.98 Å². The van der Waals surface area contributed by atoms with E-state index in [1.165, 1.54) is 0 Å². The molecule has 2 rings (SSSR count). The largest absolute Gasteiger partial charge is 0.481 e. The fourth-order valence-corrected chi connectivity index (χ4v) is 1.73. The average molecular weight is 227 g/mol. The number of Topliss-reactive ketones (excluding diaryl/α,β-unsaturated/α-hetero) is 1. The third-order valence-corrected chi connectivity index (χ3v) is 2.56. The molecule has 0 spiro atoms. The molecular formula is C14H13NO2. The lowest BCUT2D eigenvalue weighted by Gasteiger charge is -2.07. The monoisotopic (exact) mass is 227 g/mol. The molecule has 0 aliphatic carbocycles. The van der Waals surface area contributed by atoms with Crippen LogP contribution in [0.5, 0.6) is 5.88 Å². The van der Waals surface area contributed by atoms with Gasteiger partial charge in [0.2, 0.25) is 5.88 Å². The van der Waals surface area contributed by atoms with E-state index < -0.39 is 0 Å². The summed E-state index contributed by atoms with van der Waals surface area (Å²) in [4.78, 5) is 15.6. The van der Waals surface area contributed by atoms with Crippen molar-refractivity contribution in [3.05, 3.63) is 48.2 Å². The minimum Gasteiger partial charge on any atom is -0.481 e. The number of hydrogen-bond donors (Lipinski definition) is 0. The van der Waals surface area contributed by atoms with E-state index in [4.69, 9.17) is 4.74 Å². The van der Waals surface area contributed by atoms with Gasteiger partial charge in [-0.1, -0.05) is 24.3 Å². The van der Waals surface area contributed by atoms with E-state index in [1.54, 1.807) is 20.2 Å². The van der Waals surface area contributed by atoms with Gasteiger partial charge in [0.15, 0.2) is 5.78 Å². The number of carbonyl (C=O) groups is 1. The minimum atomic E-state index is 0.0522. The molecule has 3 heteroatoms. The lowest BCUT2D eigenvalue weighted by Crippen LogP contribution is -1.96. The van der Waals surface area contributed by atoms with Crippen molar-refractivity contribution in [1.29, 1.82) is 0 Å². The first-order chi connectivity index (χ1) is 8.22. The van der Waals surface area contributed by atoms with Crippen LogP contribution in [-0.4, -0.2) is 17.9 Å². The molecule has 0 radical (unpaired) electrons. The zero-order chi connectivity index (χ0) is 12.3. The minimum absolute atomic E-state index is 0.0522. The molecule has 86 valence electrons. The Labute approximate surface area is 100 Å². The third-order valence-electron chi connectivity index (χ3n) is 2.56. The van der Waals surface area contributed by atoms with Gasteiger partial charge in [-0.3, -0.25) is 4.79 Å². The van der Waals surface area contributed by atoms with Crippen LogP contribution in [0, 0.1) is 0 Å². The van der Waals surface area contributed by atoms with Gasteiger partial charge in [0, 0.05) is 17.8 Å². The van der Waals surface area contributed by atoms with Crippen molar-refractivity contribution in [2.75, 3.05) is 7.11 Å². The predicted molar refractivity (Wildman–Crippen MR) is 66.2 cm³/mol. The van der Waals surface area contributed by atoms with Crippen LogP contribution >= 0.6 is 0 Å². The Bertz CT molecular complexity index is 549. The van der Waals surface area contributed by atoms with Gasteiger partial charge < -0.3 is 4.74 Å². The molecule has 1 aromatic carbocycles. The van der Waals surface area contributed by atoms with Crippen molar-refractivity contribution < 1.29 is 9.53 Å². The number of carbonyl (C=O) groups excluding carboxylic acids is 1. The van der Waals surface area contributed by atoms with Gasteiger partial charge in [0.1, 0.15) is 0 Å². The van der Waals surface area contributed by atoms with Crippen molar-refractivity contribution >= 4 is 5.78 Å². The highest BCUT2D eigenvalue weighted by molar-refractivity contribution is 6.00. The van der Waals surface area contributed by atoms with Crippen LogP contribution in [0.3, 0.4) is 0 Å². The highest BCUT2D eigenvalue weighted by atomic mass is 16.5. The number of methoxy groups -OCH3 is 1. The highest BCUT2D eigenvalue weighted by Gasteiger charge is 2.08. The van der Waals surface area contributed by atoms with Crippen LogP contribution < -0.4 is 4.74 Å². The molecule has 0 fully saturated rings. The molecule has 1 aromatic heterocycles. The average Bonchev–Trinajstić information content (AvgIpc) is 2.39. The van der Waals surface area contributed by atoms with Crippen molar-refractivity contribution in [2.45, 2.75) is 6.92 Å². The fourth-order valence-electron chi connectivity index (χ4n) is 1.73. The predicted octanol–water partition coefficient (Wildman–Crippen LogP) is 2.96.